The van der Waals surface area contributed by atoms with Crippen LogP contribution in [-0.4, -0.2) is 61.4 Å². The van der Waals surface area contributed by atoms with Gasteiger partial charge in [0.2, 0.25) is 0 Å². The van der Waals surface area contributed by atoms with Crippen molar-refractivity contribution in [2.45, 2.75) is 43.9 Å². The van der Waals surface area contributed by atoms with E-state index in [4.69, 9.17) is 0 Å². The number of hydrogen-bond acceptors (Lipinski definition) is 3. The fraction of sp³-hybridized carbons (Fsp3) is 0.684. The third-order valence-corrected chi connectivity index (χ3v) is 5.78. The predicted molar refractivity (Wildman–Crippen MR) is 95.4 cm³/mol. The molecule has 2 aliphatic rings. The van der Waals surface area contributed by atoms with Crippen molar-refractivity contribution in [3.05, 3.63) is 40.6 Å². The molecule has 146 valence electrons. The number of piperazine rings is 1. The van der Waals surface area contributed by atoms with Crippen LogP contribution in [0, 0.1) is 5.21 Å². The van der Waals surface area contributed by atoms with Gasteiger partial charge in [-0.15, -0.1) is 0 Å². The van der Waals surface area contributed by atoms with Gasteiger partial charge in [-0.25, -0.2) is 0 Å². The smallest absolute Gasteiger partial charge is 0.416 e. The summed E-state index contributed by atoms with van der Waals surface area (Å²) in [7, 11) is 1.75. The lowest BCUT2D eigenvalue weighted by Gasteiger charge is -2.49. The number of hydrogen-bond donors (Lipinski definition) is 1. The molecular formula is C19H28F3N3O. The van der Waals surface area contributed by atoms with E-state index in [1.165, 1.54) is 12.1 Å². The zero-order valence-corrected chi connectivity index (χ0v) is 15.3. The lowest BCUT2D eigenvalue weighted by molar-refractivity contribution is -0.866. The van der Waals surface area contributed by atoms with Crippen molar-refractivity contribution >= 4 is 0 Å². The first-order valence-electron chi connectivity index (χ1n) is 9.43. The molecule has 0 amide bonds. The standard InChI is InChI=1S/C19H28F3N3O/c1-25(26)12-8-17(9-13-25)24-11-10-23-14-18(24)7-4-15-2-5-16(6-3-15)19(20,21)22/h2-3,5-6,17-18,23H,4,7-14H2,1H3/t17?,18-,25?/m0/s1. The highest BCUT2D eigenvalue weighted by Gasteiger charge is 2.33. The quantitative estimate of drug-likeness (QED) is 0.653. The van der Waals surface area contributed by atoms with Crippen LogP contribution in [0.4, 0.5) is 13.2 Å². The van der Waals surface area contributed by atoms with Crippen molar-refractivity contribution in [1.82, 2.24) is 10.2 Å². The maximum atomic E-state index is 12.7. The van der Waals surface area contributed by atoms with Gasteiger partial charge in [0.05, 0.1) is 25.7 Å². The molecule has 1 atom stereocenters. The molecule has 2 saturated heterocycles. The van der Waals surface area contributed by atoms with Gasteiger partial charge in [-0.2, -0.15) is 13.2 Å². The Morgan fingerprint density at radius 1 is 1.19 bits per heavy atom. The molecule has 2 aliphatic heterocycles. The molecule has 26 heavy (non-hydrogen) atoms. The zero-order chi connectivity index (χ0) is 18.8. The summed E-state index contributed by atoms with van der Waals surface area (Å²) in [6.07, 6.45) is -0.743. The van der Waals surface area contributed by atoms with Gasteiger partial charge in [-0.05, 0) is 30.5 Å². The first-order chi connectivity index (χ1) is 12.2. The maximum absolute atomic E-state index is 12.7. The molecule has 0 saturated carbocycles. The van der Waals surface area contributed by atoms with Gasteiger partial charge < -0.3 is 15.2 Å². The summed E-state index contributed by atoms with van der Waals surface area (Å²) in [6.45, 7) is 4.17. The summed E-state index contributed by atoms with van der Waals surface area (Å²) in [5, 5.41) is 15.5. The van der Waals surface area contributed by atoms with Crippen molar-refractivity contribution in [3.63, 3.8) is 0 Å². The predicted octanol–water partition coefficient (Wildman–Crippen LogP) is 3.02. The van der Waals surface area contributed by atoms with Crippen molar-refractivity contribution in [1.29, 1.82) is 0 Å². The lowest BCUT2D eigenvalue weighted by atomic mass is 9.96. The van der Waals surface area contributed by atoms with Gasteiger partial charge in [0.1, 0.15) is 0 Å². The number of likely N-dealkylation sites (tertiary alicyclic amines) is 1. The summed E-state index contributed by atoms with van der Waals surface area (Å²) in [5.74, 6) is 0. The van der Waals surface area contributed by atoms with Crippen LogP contribution in [0.1, 0.15) is 30.4 Å². The molecule has 0 aromatic heterocycles. The SMILES string of the molecule is C[N+]1([O-])CCC(N2CCNC[C@@H]2CCc2ccc(C(F)(F)F)cc2)CC1. The van der Waals surface area contributed by atoms with Crippen molar-refractivity contribution in [2.75, 3.05) is 39.8 Å². The van der Waals surface area contributed by atoms with Crippen LogP contribution in [0.2, 0.25) is 0 Å². The molecule has 0 radical (unpaired) electrons. The van der Waals surface area contributed by atoms with Crippen LogP contribution in [0.3, 0.4) is 0 Å². The van der Waals surface area contributed by atoms with Gasteiger partial charge in [0.15, 0.2) is 0 Å². The van der Waals surface area contributed by atoms with Gasteiger partial charge >= 0.3 is 6.18 Å². The van der Waals surface area contributed by atoms with E-state index in [9.17, 15) is 18.4 Å². The Hall–Kier alpha value is -1.15. The minimum Gasteiger partial charge on any atom is -0.633 e. The Morgan fingerprint density at radius 3 is 2.46 bits per heavy atom. The highest BCUT2D eigenvalue weighted by molar-refractivity contribution is 5.24. The number of nitrogens with zero attached hydrogens (tertiary/aromatic N) is 2. The molecule has 1 aromatic rings. The van der Waals surface area contributed by atoms with Crippen LogP contribution in [0.25, 0.3) is 0 Å². The molecule has 2 heterocycles. The average molecular weight is 371 g/mol. The highest BCUT2D eigenvalue weighted by Crippen LogP contribution is 2.29. The van der Waals surface area contributed by atoms with Crippen molar-refractivity contribution in [3.8, 4) is 0 Å². The molecule has 7 heteroatoms. The van der Waals surface area contributed by atoms with Crippen LogP contribution in [0.5, 0.6) is 0 Å². The normalized spacial score (nSPS) is 31.1. The van der Waals surface area contributed by atoms with E-state index in [-0.39, 0.29) is 4.65 Å². The fourth-order valence-corrected chi connectivity index (χ4v) is 4.15. The van der Waals surface area contributed by atoms with Crippen LogP contribution < -0.4 is 5.32 Å². The van der Waals surface area contributed by atoms with Crippen molar-refractivity contribution < 1.29 is 17.8 Å². The van der Waals surface area contributed by atoms with Gasteiger partial charge in [-0.1, -0.05) is 12.1 Å². The fourth-order valence-electron chi connectivity index (χ4n) is 4.15. The second-order valence-electron chi connectivity index (χ2n) is 7.80. The first kappa shape index (κ1) is 19.6. The molecular weight excluding hydrogens is 343 g/mol. The summed E-state index contributed by atoms with van der Waals surface area (Å²) >= 11 is 0. The molecule has 0 unspecified atom stereocenters. The third-order valence-electron chi connectivity index (χ3n) is 5.78. The number of benzene rings is 1. The first-order valence-corrected chi connectivity index (χ1v) is 9.43. The highest BCUT2D eigenvalue weighted by atomic mass is 19.4. The van der Waals surface area contributed by atoms with Crippen LogP contribution in [-0.2, 0) is 12.6 Å². The largest absolute Gasteiger partial charge is 0.633 e. The van der Waals surface area contributed by atoms with E-state index in [0.29, 0.717) is 25.2 Å². The number of aryl methyl sites for hydroxylation is 1. The number of halogens is 3. The molecule has 1 N–H and O–H groups in total. The minimum absolute atomic E-state index is 0.140. The minimum atomic E-state index is -4.28. The average Bonchev–Trinajstić information content (AvgIpc) is 2.60. The van der Waals surface area contributed by atoms with Gasteiger partial charge in [-0.3, -0.25) is 4.90 Å². The Kier molecular flexibility index (Phi) is 5.91. The summed E-state index contributed by atoms with van der Waals surface area (Å²) in [4.78, 5) is 2.53. The summed E-state index contributed by atoms with van der Waals surface area (Å²) < 4.78 is 37.9. The zero-order valence-electron chi connectivity index (χ0n) is 15.3. The Morgan fingerprint density at radius 2 is 1.85 bits per heavy atom. The number of piperidine rings is 1. The van der Waals surface area contributed by atoms with E-state index < -0.39 is 11.7 Å². The molecule has 3 rings (SSSR count). The van der Waals surface area contributed by atoms with Crippen LogP contribution in [0.15, 0.2) is 24.3 Å². The number of nitrogens with one attached hydrogen (secondary N) is 1. The maximum Gasteiger partial charge on any atom is 0.416 e. The Labute approximate surface area is 153 Å². The number of hydroxylamine groups is 3. The number of rotatable bonds is 4. The summed E-state index contributed by atoms with van der Waals surface area (Å²) in [6, 6.07) is 6.34. The van der Waals surface area contributed by atoms with Crippen molar-refractivity contribution in [2.24, 2.45) is 0 Å². The van der Waals surface area contributed by atoms with Gasteiger partial charge in [0, 0.05) is 44.6 Å². The Bertz CT molecular complexity index is 579. The third kappa shape index (κ3) is 4.97. The van der Waals surface area contributed by atoms with Gasteiger partial charge in [0.25, 0.3) is 0 Å². The number of quaternary nitrogens is 1. The molecule has 4 nitrogen and oxygen atoms in total. The number of alkyl halides is 3. The second kappa shape index (κ2) is 7.84. The molecule has 0 spiro atoms. The molecule has 0 bridgehead atoms. The molecule has 2 fully saturated rings. The molecule has 0 aliphatic carbocycles. The Balaban J connectivity index is 1.57. The second-order valence-corrected chi connectivity index (χ2v) is 7.80. The topological polar surface area (TPSA) is 38.3 Å². The van der Waals surface area contributed by atoms with E-state index in [1.54, 1.807) is 19.2 Å². The summed E-state index contributed by atoms with van der Waals surface area (Å²) in [5.41, 5.74) is 0.346. The molecule has 1 aromatic carbocycles. The van der Waals surface area contributed by atoms with E-state index >= 15 is 0 Å². The van der Waals surface area contributed by atoms with E-state index in [1.807, 2.05) is 0 Å². The van der Waals surface area contributed by atoms with E-state index in [0.717, 1.165) is 50.9 Å². The lowest BCUT2D eigenvalue weighted by Crippen LogP contribution is -2.59. The van der Waals surface area contributed by atoms with Crippen LogP contribution >= 0.6 is 0 Å². The van der Waals surface area contributed by atoms with E-state index in [2.05, 4.69) is 10.2 Å². The monoisotopic (exact) mass is 371 g/mol.